The highest BCUT2D eigenvalue weighted by Gasteiger charge is 2.10. The van der Waals surface area contributed by atoms with E-state index in [1.165, 1.54) is 0 Å². The first-order valence-electron chi connectivity index (χ1n) is 11.1. The third-order valence-corrected chi connectivity index (χ3v) is 5.18. The second-order valence-corrected chi connectivity index (χ2v) is 7.75. The second-order valence-electron chi connectivity index (χ2n) is 7.75. The van der Waals surface area contributed by atoms with E-state index in [4.69, 9.17) is 14.6 Å². The fourth-order valence-electron chi connectivity index (χ4n) is 3.34. The Labute approximate surface area is 185 Å². The van der Waals surface area contributed by atoms with E-state index in [0.717, 1.165) is 54.0 Å². The van der Waals surface area contributed by atoms with Crippen molar-refractivity contribution in [2.75, 3.05) is 13.2 Å². The van der Waals surface area contributed by atoms with E-state index in [1.807, 2.05) is 42.5 Å². The summed E-state index contributed by atoms with van der Waals surface area (Å²) in [5.41, 5.74) is 3.40. The summed E-state index contributed by atoms with van der Waals surface area (Å²) < 4.78 is 12.2. The minimum Gasteiger partial charge on any atom is -0.489 e. The van der Waals surface area contributed by atoms with Gasteiger partial charge in [-0.2, -0.15) is 0 Å². The van der Waals surface area contributed by atoms with Gasteiger partial charge in [-0.15, -0.1) is 0 Å². The fourth-order valence-corrected chi connectivity index (χ4v) is 3.34. The highest BCUT2D eigenvalue weighted by atomic mass is 16.5. The maximum atomic E-state index is 8.93. The summed E-state index contributed by atoms with van der Waals surface area (Å²) in [7, 11) is 0. The van der Waals surface area contributed by atoms with Crippen LogP contribution in [0.4, 0.5) is 0 Å². The zero-order valence-electron chi connectivity index (χ0n) is 18.3. The molecule has 3 rings (SSSR count). The number of rotatable bonds is 13. The van der Waals surface area contributed by atoms with Crippen LogP contribution in [0, 0.1) is 0 Å². The Morgan fingerprint density at radius 1 is 0.742 bits per heavy atom. The van der Waals surface area contributed by atoms with Crippen molar-refractivity contribution < 1.29 is 14.6 Å². The van der Waals surface area contributed by atoms with Crippen LogP contribution >= 0.6 is 0 Å². The Kier molecular flexibility index (Phi) is 9.42. The summed E-state index contributed by atoms with van der Waals surface area (Å²) in [4.78, 5) is 0. The van der Waals surface area contributed by atoms with Gasteiger partial charge in [-0.05, 0) is 61.6 Å². The topological polar surface area (TPSA) is 50.7 Å². The molecular weight excluding hydrogens is 386 g/mol. The molecule has 0 amide bonds. The quantitative estimate of drug-likeness (QED) is 0.351. The number of aliphatic hydroxyl groups excluding tert-OH is 1. The van der Waals surface area contributed by atoms with Crippen LogP contribution in [0.1, 0.15) is 48.9 Å². The molecule has 3 aromatic rings. The monoisotopic (exact) mass is 419 g/mol. The fraction of sp³-hybridized carbons (Fsp3) is 0.333. The molecule has 0 aromatic heterocycles. The molecule has 0 heterocycles. The van der Waals surface area contributed by atoms with Gasteiger partial charge in [-0.1, -0.05) is 60.7 Å². The van der Waals surface area contributed by atoms with Gasteiger partial charge in [0.25, 0.3) is 0 Å². The van der Waals surface area contributed by atoms with E-state index in [-0.39, 0.29) is 12.6 Å². The van der Waals surface area contributed by atoms with Crippen molar-refractivity contribution in [3.63, 3.8) is 0 Å². The van der Waals surface area contributed by atoms with Crippen molar-refractivity contribution in [1.29, 1.82) is 0 Å². The Morgan fingerprint density at radius 2 is 1.29 bits per heavy atom. The maximum Gasteiger partial charge on any atom is 0.123 e. The summed E-state index contributed by atoms with van der Waals surface area (Å²) in [5, 5.41) is 12.5. The molecule has 0 aliphatic carbocycles. The molecule has 0 radical (unpaired) electrons. The van der Waals surface area contributed by atoms with Gasteiger partial charge < -0.3 is 19.9 Å². The van der Waals surface area contributed by atoms with Crippen molar-refractivity contribution in [2.24, 2.45) is 0 Å². The number of ether oxygens (including phenoxy) is 2. The molecule has 4 heteroatoms. The normalized spacial score (nSPS) is 11.8. The molecule has 0 bridgehead atoms. The molecule has 31 heavy (non-hydrogen) atoms. The number of hydrogen-bond acceptors (Lipinski definition) is 4. The van der Waals surface area contributed by atoms with Crippen molar-refractivity contribution in [2.45, 2.75) is 45.4 Å². The summed E-state index contributed by atoms with van der Waals surface area (Å²) in [5.74, 6) is 1.61. The van der Waals surface area contributed by atoms with Gasteiger partial charge in [0.15, 0.2) is 0 Å². The van der Waals surface area contributed by atoms with E-state index in [0.29, 0.717) is 13.2 Å². The van der Waals surface area contributed by atoms with Crippen LogP contribution in [0.3, 0.4) is 0 Å². The lowest BCUT2D eigenvalue weighted by atomic mass is 10.1. The third-order valence-electron chi connectivity index (χ3n) is 5.18. The molecule has 0 spiro atoms. The Balaban J connectivity index is 1.67. The maximum absolute atomic E-state index is 8.93. The largest absolute Gasteiger partial charge is 0.489 e. The molecule has 0 aliphatic rings. The SMILES string of the molecule is CC(NCCCCCO)c1cc(OCc2ccccc2)cc(OCc2ccccc2)c1. The predicted molar refractivity (Wildman–Crippen MR) is 125 cm³/mol. The van der Waals surface area contributed by atoms with Crippen LogP contribution in [-0.4, -0.2) is 18.3 Å². The lowest BCUT2D eigenvalue weighted by Crippen LogP contribution is -2.20. The first-order chi connectivity index (χ1) is 15.2. The summed E-state index contributed by atoms with van der Waals surface area (Å²) in [6, 6.07) is 26.7. The van der Waals surface area contributed by atoms with Crippen LogP contribution in [0.25, 0.3) is 0 Å². The molecule has 4 nitrogen and oxygen atoms in total. The van der Waals surface area contributed by atoms with Gasteiger partial charge in [0.1, 0.15) is 24.7 Å². The number of benzene rings is 3. The summed E-state index contributed by atoms with van der Waals surface area (Å²) in [6.45, 7) is 4.37. The molecular formula is C27H33NO3. The van der Waals surface area contributed by atoms with Crippen molar-refractivity contribution in [3.05, 3.63) is 95.6 Å². The van der Waals surface area contributed by atoms with Gasteiger partial charge in [0.05, 0.1) is 0 Å². The van der Waals surface area contributed by atoms with E-state index in [9.17, 15) is 0 Å². The Morgan fingerprint density at radius 3 is 1.81 bits per heavy atom. The van der Waals surface area contributed by atoms with Crippen LogP contribution in [0.15, 0.2) is 78.9 Å². The Bertz CT molecular complexity index is 822. The molecule has 3 aromatic carbocycles. The molecule has 0 aliphatic heterocycles. The average molecular weight is 420 g/mol. The zero-order chi connectivity index (χ0) is 21.7. The first-order valence-corrected chi connectivity index (χ1v) is 11.1. The highest BCUT2D eigenvalue weighted by molar-refractivity contribution is 5.40. The molecule has 164 valence electrons. The van der Waals surface area contributed by atoms with Crippen molar-refractivity contribution in [1.82, 2.24) is 5.32 Å². The van der Waals surface area contributed by atoms with Crippen molar-refractivity contribution >= 4 is 0 Å². The smallest absolute Gasteiger partial charge is 0.123 e. The predicted octanol–water partition coefficient (Wildman–Crippen LogP) is 5.66. The third kappa shape index (κ3) is 8.08. The number of hydrogen-bond donors (Lipinski definition) is 2. The molecule has 0 fully saturated rings. The van der Waals surface area contributed by atoms with Crippen LogP contribution < -0.4 is 14.8 Å². The first kappa shape index (κ1) is 22.9. The zero-order valence-corrected chi connectivity index (χ0v) is 18.3. The molecule has 2 N–H and O–H groups in total. The Hall–Kier alpha value is -2.82. The minimum atomic E-state index is 0.175. The van der Waals surface area contributed by atoms with Crippen LogP contribution in [-0.2, 0) is 13.2 Å². The minimum absolute atomic E-state index is 0.175. The number of unbranched alkanes of at least 4 members (excludes halogenated alkanes) is 2. The highest BCUT2D eigenvalue weighted by Crippen LogP contribution is 2.28. The molecule has 1 atom stereocenters. The van der Waals surface area contributed by atoms with E-state index >= 15 is 0 Å². The number of aliphatic hydroxyl groups is 1. The van der Waals surface area contributed by atoms with Gasteiger partial charge in [0.2, 0.25) is 0 Å². The van der Waals surface area contributed by atoms with E-state index in [1.54, 1.807) is 0 Å². The lowest BCUT2D eigenvalue weighted by molar-refractivity contribution is 0.282. The van der Waals surface area contributed by atoms with Gasteiger partial charge in [-0.25, -0.2) is 0 Å². The molecule has 0 saturated heterocycles. The summed E-state index contributed by atoms with van der Waals surface area (Å²) in [6.07, 6.45) is 2.94. The van der Waals surface area contributed by atoms with Crippen molar-refractivity contribution in [3.8, 4) is 11.5 Å². The van der Waals surface area contributed by atoms with E-state index < -0.39 is 0 Å². The molecule has 1 unspecified atom stereocenters. The van der Waals surface area contributed by atoms with Gasteiger partial charge in [-0.3, -0.25) is 0 Å². The summed E-state index contributed by atoms with van der Waals surface area (Å²) >= 11 is 0. The van der Waals surface area contributed by atoms with Crippen LogP contribution in [0.2, 0.25) is 0 Å². The van der Waals surface area contributed by atoms with Crippen LogP contribution in [0.5, 0.6) is 11.5 Å². The molecule has 0 saturated carbocycles. The van der Waals surface area contributed by atoms with Gasteiger partial charge in [0, 0.05) is 18.7 Å². The second kappa shape index (κ2) is 12.8. The lowest BCUT2D eigenvalue weighted by Gasteiger charge is -2.18. The number of nitrogens with one attached hydrogen (secondary N) is 1. The standard InChI is InChI=1S/C27H33NO3/c1-22(28-15-9-4-10-16-29)25-17-26(30-20-23-11-5-2-6-12-23)19-27(18-25)31-21-24-13-7-3-8-14-24/h2-3,5-8,11-14,17-19,22,28-29H,4,9-10,15-16,20-21H2,1H3. The average Bonchev–Trinajstić information content (AvgIpc) is 2.82. The van der Waals surface area contributed by atoms with E-state index in [2.05, 4.69) is 48.6 Å². The van der Waals surface area contributed by atoms with Gasteiger partial charge >= 0.3 is 0 Å².